The predicted molar refractivity (Wildman–Crippen MR) is 50.5 cm³/mol. The van der Waals surface area contributed by atoms with E-state index >= 15 is 0 Å². The van der Waals surface area contributed by atoms with Crippen LogP contribution < -0.4 is 0 Å². The summed E-state index contributed by atoms with van der Waals surface area (Å²) in [5.41, 5.74) is 0. The van der Waals surface area contributed by atoms with Gasteiger partial charge in [0.2, 0.25) is 0 Å². The first kappa shape index (κ1) is 11.5. The van der Waals surface area contributed by atoms with Crippen LogP contribution in [-0.4, -0.2) is 22.0 Å². The first-order valence-corrected chi connectivity index (χ1v) is 4.53. The molecule has 0 aromatic carbocycles. The van der Waals surface area contributed by atoms with E-state index in [1.165, 1.54) is 19.1 Å². The minimum atomic E-state index is -1.02. The van der Waals surface area contributed by atoms with Gasteiger partial charge in [-0.1, -0.05) is 0 Å². The molecular formula is C10H12O5. The van der Waals surface area contributed by atoms with Gasteiger partial charge < -0.3 is 14.6 Å². The highest BCUT2D eigenvalue weighted by Gasteiger charge is 2.14. The fourth-order valence-corrected chi connectivity index (χ4v) is 1.07. The first-order chi connectivity index (χ1) is 7.00. The first-order valence-electron chi connectivity index (χ1n) is 4.53. The summed E-state index contributed by atoms with van der Waals surface area (Å²) < 4.78 is 5.05. The average molecular weight is 212 g/mol. The van der Waals surface area contributed by atoms with E-state index in [1.54, 1.807) is 0 Å². The Hall–Kier alpha value is -1.62. The molecule has 5 heteroatoms. The summed E-state index contributed by atoms with van der Waals surface area (Å²) in [6.45, 7) is 1.52. The molecule has 0 aliphatic heterocycles. The molecule has 0 saturated carbocycles. The van der Waals surface area contributed by atoms with Gasteiger partial charge in [0, 0.05) is 6.42 Å². The third-order valence-corrected chi connectivity index (χ3v) is 1.88. The number of rotatable bonds is 5. The van der Waals surface area contributed by atoms with E-state index in [-0.39, 0.29) is 24.4 Å². The van der Waals surface area contributed by atoms with Gasteiger partial charge in [-0.3, -0.25) is 9.59 Å². The Labute approximate surface area is 86.3 Å². The number of aliphatic carboxylic acids is 1. The van der Waals surface area contributed by atoms with Crippen molar-refractivity contribution in [2.24, 2.45) is 0 Å². The zero-order chi connectivity index (χ0) is 11.4. The molecule has 0 spiro atoms. The molecule has 1 aromatic rings. The maximum Gasteiger partial charge on any atom is 0.303 e. The Bertz CT molecular complexity index is 364. The van der Waals surface area contributed by atoms with Gasteiger partial charge in [-0.15, -0.1) is 0 Å². The van der Waals surface area contributed by atoms with E-state index in [4.69, 9.17) is 14.6 Å². The fraction of sp³-hybridized carbons (Fsp3) is 0.400. The van der Waals surface area contributed by atoms with Crippen LogP contribution in [0.25, 0.3) is 0 Å². The molecule has 0 fully saturated rings. The lowest BCUT2D eigenvalue weighted by molar-refractivity contribution is -0.136. The standard InChI is InChI=1S/C10H12O5/c1-6(11)8-3-4-9(15-8)7(12)2-5-10(13)14/h3-4,6,11H,2,5H2,1H3,(H,13,14)/t6-/m0/s1. The predicted octanol–water partition coefficient (Wildman–Crippen LogP) is 1.38. The number of hydrogen-bond donors (Lipinski definition) is 2. The highest BCUT2D eigenvalue weighted by molar-refractivity contribution is 5.95. The molecule has 5 nitrogen and oxygen atoms in total. The summed E-state index contributed by atoms with van der Waals surface area (Å²) in [5, 5.41) is 17.5. The van der Waals surface area contributed by atoms with Crippen LogP contribution in [-0.2, 0) is 4.79 Å². The van der Waals surface area contributed by atoms with E-state index in [2.05, 4.69) is 0 Å². The largest absolute Gasteiger partial charge is 0.481 e. The second kappa shape index (κ2) is 4.75. The van der Waals surface area contributed by atoms with Crippen molar-refractivity contribution >= 4 is 11.8 Å². The smallest absolute Gasteiger partial charge is 0.303 e. The van der Waals surface area contributed by atoms with E-state index < -0.39 is 12.1 Å². The number of aliphatic hydroxyl groups excluding tert-OH is 1. The monoisotopic (exact) mass is 212 g/mol. The number of aliphatic hydroxyl groups is 1. The molecule has 0 bridgehead atoms. The van der Waals surface area contributed by atoms with Gasteiger partial charge in [-0.05, 0) is 19.1 Å². The molecule has 1 atom stereocenters. The van der Waals surface area contributed by atoms with Crippen LogP contribution in [0.5, 0.6) is 0 Å². The third-order valence-electron chi connectivity index (χ3n) is 1.88. The molecule has 82 valence electrons. The Kier molecular flexibility index (Phi) is 3.62. The maximum absolute atomic E-state index is 11.3. The summed E-state index contributed by atoms with van der Waals surface area (Å²) in [6.07, 6.45) is -1.09. The van der Waals surface area contributed by atoms with Crippen LogP contribution in [0.1, 0.15) is 42.2 Å². The molecule has 15 heavy (non-hydrogen) atoms. The summed E-state index contributed by atoms with van der Waals surface area (Å²) in [7, 11) is 0. The topological polar surface area (TPSA) is 87.7 Å². The molecule has 0 radical (unpaired) electrons. The number of furan rings is 1. The summed E-state index contributed by atoms with van der Waals surface area (Å²) >= 11 is 0. The Morgan fingerprint density at radius 3 is 2.53 bits per heavy atom. The second-order valence-corrected chi connectivity index (χ2v) is 3.19. The third kappa shape index (κ3) is 3.21. The van der Waals surface area contributed by atoms with Crippen molar-refractivity contribution < 1.29 is 24.2 Å². The lowest BCUT2D eigenvalue weighted by atomic mass is 10.2. The fourth-order valence-electron chi connectivity index (χ4n) is 1.07. The molecule has 0 amide bonds. The molecule has 1 aromatic heterocycles. The van der Waals surface area contributed by atoms with E-state index in [0.717, 1.165) is 0 Å². The van der Waals surface area contributed by atoms with Gasteiger partial charge in [0.1, 0.15) is 11.9 Å². The molecule has 1 rings (SSSR count). The number of hydrogen-bond acceptors (Lipinski definition) is 4. The molecular weight excluding hydrogens is 200 g/mol. The van der Waals surface area contributed by atoms with Gasteiger partial charge >= 0.3 is 5.97 Å². The SMILES string of the molecule is C[C@H](O)c1ccc(C(=O)CCC(=O)O)o1. The minimum Gasteiger partial charge on any atom is -0.481 e. The lowest BCUT2D eigenvalue weighted by Gasteiger charge is -1.98. The van der Waals surface area contributed by atoms with Gasteiger partial charge in [-0.25, -0.2) is 0 Å². The Morgan fingerprint density at radius 1 is 1.40 bits per heavy atom. The highest BCUT2D eigenvalue weighted by atomic mass is 16.4. The molecule has 0 aliphatic carbocycles. The van der Waals surface area contributed by atoms with Crippen LogP contribution in [0, 0.1) is 0 Å². The number of ketones is 1. The van der Waals surface area contributed by atoms with Crippen molar-refractivity contribution in [2.75, 3.05) is 0 Å². The van der Waals surface area contributed by atoms with Crippen LogP contribution in [0.2, 0.25) is 0 Å². The van der Waals surface area contributed by atoms with E-state index in [1.807, 2.05) is 0 Å². The Balaban J connectivity index is 2.62. The van der Waals surface area contributed by atoms with Gasteiger partial charge in [0.25, 0.3) is 0 Å². The van der Waals surface area contributed by atoms with Crippen molar-refractivity contribution in [2.45, 2.75) is 25.9 Å². The molecule has 0 saturated heterocycles. The van der Waals surface area contributed by atoms with Crippen LogP contribution >= 0.6 is 0 Å². The average Bonchev–Trinajstić information content (AvgIpc) is 2.62. The second-order valence-electron chi connectivity index (χ2n) is 3.19. The molecule has 2 N–H and O–H groups in total. The zero-order valence-corrected chi connectivity index (χ0v) is 8.27. The minimum absolute atomic E-state index is 0.0900. The summed E-state index contributed by atoms with van der Waals surface area (Å²) in [4.78, 5) is 21.6. The van der Waals surface area contributed by atoms with Gasteiger partial charge in [-0.2, -0.15) is 0 Å². The van der Waals surface area contributed by atoms with Crippen LogP contribution in [0.3, 0.4) is 0 Å². The number of carboxylic acid groups (broad SMARTS) is 1. The van der Waals surface area contributed by atoms with Crippen molar-refractivity contribution in [3.05, 3.63) is 23.7 Å². The number of carbonyl (C=O) groups is 2. The van der Waals surface area contributed by atoms with Crippen LogP contribution in [0.15, 0.2) is 16.5 Å². The quantitative estimate of drug-likeness (QED) is 0.720. The van der Waals surface area contributed by atoms with Crippen LogP contribution in [0.4, 0.5) is 0 Å². The summed E-state index contributed by atoms with van der Waals surface area (Å²) in [6, 6.07) is 2.94. The highest BCUT2D eigenvalue weighted by Crippen LogP contribution is 2.17. The Morgan fingerprint density at radius 2 is 2.07 bits per heavy atom. The normalized spacial score (nSPS) is 12.4. The van der Waals surface area contributed by atoms with E-state index in [0.29, 0.717) is 5.76 Å². The molecule has 1 heterocycles. The maximum atomic E-state index is 11.3. The lowest BCUT2D eigenvalue weighted by Crippen LogP contribution is -2.02. The van der Waals surface area contributed by atoms with Gasteiger partial charge in [0.05, 0.1) is 6.42 Å². The van der Waals surface area contributed by atoms with E-state index in [9.17, 15) is 9.59 Å². The number of carbonyl (C=O) groups excluding carboxylic acids is 1. The zero-order valence-electron chi connectivity index (χ0n) is 8.27. The van der Waals surface area contributed by atoms with Crippen molar-refractivity contribution in [1.29, 1.82) is 0 Å². The van der Waals surface area contributed by atoms with Gasteiger partial charge in [0.15, 0.2) is 11.5 Å². The van der Waals surface area contributed by atoms with Crippen molar-refractivity contribution in [3.63, 3.8) is 0 Å². The van der Waals surface area contributed by atoms with Crippen molar-refractivity contribution in [3.8, 4) is 0 Å². The molecule has 0 aliphatic rings. The number of Topliss-reactive ketones (excluding diaryl/α,β-unsaturated/α-hetero) is 1. The van der Waals surface area contributed by atoms with Crippen molar-refractivity contribution in [1.82, 2.24) is 0 Å². The number of carboxylic acids is 1. The molecule has 0 unspecified atom stereocenters. The summed E-state index contributed by atoms with van der Waals surface area (Å²) in [5.74, 6) is -1.00.